The zero-order valence-electron chi connectivity index (χ0n) is 12.8. The first-order chi connectivity index (χ1) is 11.8. The van der Waals surface area contributed by atoms with Gasteiger partial charge in [-0.2, -0.15) is 5.10 Å². The molecule has 2 aromatic heterocycles. The van der Waals surface area contributed by atoms with Crippen LogP contribution >= 0.6 is 11.8 Å². The number of fused-ring (bicyclic) bond motifs is 1. The van der Waals surface area contributed by atoms with E-state index in [9.17, 15) is 4.39 Å². The van der Waals surface area contributed by atoms with Gasteiger partial charge in [0.2, 0.25) is 0 Å². The average molecular weight is 335 g/mol. The molecule has 0 aliphatic carbocycles. The highest BCUT2D eigenvalue weighted by Crippen LogP contribution is 2.28. The number of hydrogen-bond acceptors (Lipinski definition) is 3. The van der Waals surface area contributed by atoms with Gasteiger partial charge in [-0.15, -0.1) is 0 Å². The van der Waals surface area contributed by atoms with Crippen molar-refractivity contribution in [3.05, 3.63) is 84.4 Å². The monoisotopic (exact) mass is 335 g/mol. The fraction of sp³-hybridized carbons (Fsp3) is 0.0526. The molecule has 118 valence electrons. The van der Waals surface area contributed by atoms with Crippen LogP contribution in [-0.2, 0) is 5.75 Å². The molecule has 4 aromatic rings. The smallest absolute Gasteiger partial charge is 0.123 e. The second-order valence-electron chi connectivity index (χ2n) is 5.37. The highest BCUT2D eigenvalue weighted by atomic mass is 32.2. The third-order valence-electron chi connectivity index (χ3n) is 3.71. The van der Waals surface area contributed by atoms with E-state index >= 15 is 0 Å². The molecule has 0 bridgehead atoms. The topological polar surface area (TPSA) is 30.2 Å². The number of hydrogen-bond donors (Lipinski definition) is 0. The molecule has 5 heteroatoms. The molecule has 0 saturated heterocycles. The number of aromatic nitrogens is 3. The Morgan fingerprint density at radius 1 is 1.00 bits per heavy atom. The van der Waals surface area contributed by atoms with Gasteiger partial charge in [0.05, 0.1) is 11.2 Å². The first kappa shape index (κ1) is 14.9. The second-order valence-corrected chi connectivity index (χ2v) is 6.34. The lowest BCUT2D eigenvalue weighted by molar-refractivity contribution is 0.627. The van der Waals surface area contributed by atoms with Crippen molar-refractivity contribution in [2.75, 3.05) is 0 Å². The number of rotatable bonds is 4. The summed E-state index contributed by atoms with van der Waals surface area (Å²) in [6, 6.07) is 18.7. The molecular weight excluding hydrogens is 321 g/mol. The summed E-state index contributed by atoms with van der Waals surface area (Å²) in [6.45, 7) is 0. The summed E-state index contributed by atoms with van der Waals surface area (Å²) in [6.07, 6.45) is 3.60. The third-order valence-corrected chi connectivity index (χ3v) is 4.78. The van der Waals surface area contributed by atoms with Gasteiger partial charge in [-0.3, -0.25) is 0 Å². The van der Waals surface area contributed by atoms with Gasteiger partial charge in [0.15, 0.2) is 0 Å². The summed E-state index contributed by atoms with van der Waals surface area (Å²) in [5.74, 6) is 0.519. The average Bonchev–Trinajstić information content (AvgIpc) is 3.07. The van der Waals surface area contributed by atoms with E-state index in [1.54, 1.807) is 30.1 Å². The van der Waals surface area contributed by atoms with Crippen molar-refractivity contribution in [3.8, 4) is 11.3 Å². The van der Waals surface area contributed by atoms with Crippen molar-refractivity contribution in [3.63, 3.8) is 0 Å². The molecule has 0 fully saturated rings. The zero-order valence-corrected chi connectivity index (χ0v) is 13.6. The van der Waals surface area contributed by atoms with E-state index in [4.69, 9.17) is 0 Å². The van der Waals surface area contributed by atoms with Gasteiger partial charge >= 0.3 is 0 Å². The molecule has 0 aliphatic rings. The fourth-order valence-electron chi connectivity index (χ4n) is 2.49. The lowest BCUT2D eigenvalue weighted by atomic mass is 10.1. The fourth-order valence-corrected chi connectivity index (χ4v) is 3.42. The Kier molecular flexibility index (Phi) is 4.01. The molecule has 0 radical (unpaired) electrons. The molecule has 0 atom stereocenters. The molecule has 0 spiro atoms. The van der Waals surface area contributed by atoms with Crippen molar-refractivity contribution >= 4 is 17.3 Å². The van der Waals surface area contributed by atoms with Crippen molar-refractivity contribution < 1.29 is 4.39 Å². The molecule has 0 unspecified atom stereocenters. The van der Waals surface area contributed by atoms with E-state index in [0.717, 1.165) is 33.1 Å². The highest BCUT2D eigenvalue weighted by Gasteiger charge is 2.09. The largest absolute Gasteiger partial charge is 0.246 e. The van der Waals surface area contributed by atoms with Crippen LogP contribution in [0.3, 0.4) is 0 Å². The number of thioether (sulfide) groups is 1. The molecule has 0 aliphatic heterocycles. The molecule has 2 aromatic carbocycles. The Morgan fingerprint density at radius 2 is 1.79 bits per heavy atom. The van der Waals surface area contributed by atoms with Crippen LogP contribution in [0, 0.1) is 5.82 Å². The van der Waals surface area contributed by atoms with Crippen LogP contribution in [0.2, 0.25) is 0 Å². The summed E-state index contributed by atoms with van der Waals surface area (Å²) < 4.78 is 14.8. The van der Waals surface area contributed by atoms with Crippen LogP contribution in [0.4, 0.5) is 4.39 Å². The van der Waals surface area contributed by atoms with Crippen molar-refractivity contribution in [1.29, 1.82) is 0 Å². The number of halogens is 1. The summed E-state index contributed by atoms with van der Waals surface area (Å²) >= 11 is 1.62. The van der Waals surface area contributed by atoms with Crippen molar-refractivity contribution in [1.82, 2.24) is 14.6 Å². The van der Waals surface area contributed by atoms with Crippen LogP contribution in [0.15, 0.2) is 78.1 Å². The molecule has 0 amide bonds. The molecule has 24 heavy (non-hydrogen) atoms. The Hall–Kier alpha value is -2.66. The summed E-state index contributed by atoms with van der Waals surface area (Å²) in [5.41, 5.74) is 4.04. The lowest BCUT2D eigenvalue weighted by Crippen LogP contribution is -1.91. The van der Waals surface area contributed by atoms with E-state index < -0.39 is 0 Å². The Balaban J connectivity index is 1.63. The number of benzene rings is 2. The third kappa shape index (κ3) is 3.03. The summed E-state index contributed by atoms with van der Waals surface area (Å²) in [7, 11) is 0. The predicted molar refractivity (Wildman–Crippen MR) is 94.4 cm³/mol. The van der Waals surface area contributed by atoms with E-state index in [1.165, 1.54) is 12.1 Å². The standard InChI is InChI=1S/C19H14FN3S/c20-16-8-6-14(7-9-16)13-24-19-18-12-17(15-4-2-1-3-5-15)22-23(18)11-10-21-19/h1-12H,13H2. The molecule has 4 rings (SSSR count). The molecule has 3 nitrogen and oxygen atoms in total. The Labute approximate surface area is 143 Å². The van der Waals surface area contributed by atoms with Gasteiger partial charge in [-0.25, -0.2) is 13.9 Å². The van der Waals surface area contributed by atoms with Crippen LogP contribution in [0.25, 0.3) is 16.8 Å². The van der Waals surface area contributed by atoms with E-state index in [2.05, 4.69) is 16.1 Å². The Bertz CT molecular complexity index is 965. The van der Waals surface area contributed by atoms with E-state index in [1.807, 2.05) is 41.0 Å². The van der Waals surface area contributed by atoms with E-state index in [-0.39, 0.29) is 5.82 Å². The van der Waals surface area contributed by atoms with Crippen LogP contribution < -0.4 is 0 Å². The Morgan fingerprint density at radius 3 is 2.58 bits per heavy atom. The maximum absolute atomic E-state index is 13.0. The van der Waals surface area contributed by atoms with Crippen molar-refractivity contribution in [2.45, 2.75) is 10.8 Å². The van der Waals surface area contributed by atoms with Crippen molar-refractivity contribution in [2.24, 2.45) is 0 Å². The van der Waals surface area contributed by atoms with Crippen LogP contribution in [0.1, 0.15) is 5.56 Å². The molecule has 2 heterocycles. The first-order valence-electron chi connectivity index (χ1n) is 7.57. The maximum atomic E-state index is 13.0. The van der Waals surface area contributed by atoms with Gasteiger partial charge in [-0.1, -0.05) is 54.2 Å². The van der Waals surface area contributed by atoms with Gasteiger partial charge in [0, 0.05) is 23.7 Å². The molecule has 0 N–H and O–H groups in total. The molecule has 0 saturated carbocycles. The van der Waals surface area contributed by atoms with Crippen LogP contribution in [0.5, 0.6) is 0 Å². The van der Waals surface area contributed by atoms with E-state index in [0.29, 0.717) is 0 Å². The van der Waals surface area contributed by atoms with Gasteiger partial charge in [0.1, 0.15) is 10.8 Å². The highest BCUT2D eigenvalue weighted by molar-refractivity contribution is 7.98. The normalized spacial score (nSPS) is 11.0. The van der Waals surface area contributed by atoms with Gasteiger partial charge in [-0.05, 0) is 23.8 Å². The van der Waals surface area contributed by atoms with Crippen LogP contribution in [-0.4, -0.2) is 14.6 Å². The zero-order chi connectivity index (χ0) is 16.4. The maximum Gasteiger partial charge on any atom is 0.123 e. The minimum absolute atomic E-state index is 0.215. The SMILES string of the molecule is Fc1ccc(CSc2nccn3nc(-c4ccccc4)cc23)cc1. The quantitative estimate of drug-likeness (QED) is 0.501. The summed E-state index contributed by atoms with van der Waals surface area (Å²) in [4.78, 5) is 4.47. The second kappa shape index (κ2) is 6.45. The molecular formula is C19H14FN3S. The predicted octanol–water partition coefficient (Wildman–Crippen LogP) is 4.83. The lowest BCUT2D eigenvalue weighted by Gasteiger charge is -2.03. The van der Waals surface area contributed by atoms with Gasteiger partial charge < -0.3 is 0 Å². The summed E-state index contributed by atoms with van der Waals surface area (Å²) in [5, 5.41) is 5.54. The number of nitrogens with zero attached hydrogens (tertiary/aromatic N) is 3. The minimum atomic E-state index is -0.215. The first-order valence-corrected chi connectivity index (χ1v) is 8.55. The van der Waals surface area contributed by atoms with Gasteiger partial charge in [0.25, 0.3) is 0 Å². The minimum Gasteiger partial charge on any atom is -0.246 e.